The number of carbonyl (C=O) groups excluding carboxylic acids is 1. The second-order valence-electron chi connectivity index (χ2n) is 12.5. The Bertz CT molecular complexity index is 2290. The summed E-state index contributed by atoms with van der Waals surface area (Å²) < 4.78 is 4.50. The Labute approximate surface area is 419 Å². The van der Waals surface area contributed by atoms with Crippen molar-refractivity contribution < 1.29 is 119 Å². The number of para-hydroxylation sites is 1. The molecule has 1 aliphatic carbocycles. The third kappa shape index (κ3) is 12.2. The number of hydrogen-bond donors (Lipinski definition) is 0. The van der Waals surface area contributed by atoms with Crippen LogP contribution in [0.2, 0.25) is 5.15 Å². The number of benzene rings is 4. The minimum atomic E-state index is -0.181. The van der Waals surface area contributed by atoms with Crippen molar-refractivity contribution in [2.45, 2.75) is 46.0 Å². The van der Waals surface area contributed by atoms with Gasteiger partial charge in [-0.15, -0.1) is 0 Å². The summed E-state index contributed by atoms with van der Waals surface area (Å²) in [5, 5.41) is 11.5. The van der Waals surface area contributed by atoms with Gasteiger partial charge in [0.05, 0.1) is 11.0 Å². The van der Waals surface area contributed by atoms with Crippen LogP contribution in [0.25, 0.3) is 38.8 Å². The smallest absolute Gasteiger partial charge is 1.00 e. The zero-order chi connectivity index (χ0) is 36.5. The molecule has 0 radical (unpaired) electrons. The van der Waals surface area contributed by atoms with Crippen molar-refractivity contribution in [3.63, 3.8) is 0 Å². The van der Waals surface area contributed by atoms with Crippen LogP contribution in [0.5, 0.6) is 0 Å². The van der Waals surface area contributed by atoms with Gasteiger partial charge in [0, 0.05) is 32.1 Å². The second-order valence-corrected chi connectivity index (χ2v) is 14.7. The molecule has 0 spiro atoms. The van der Waals surface area contributed by atoms with E-state index in [1.807, 2.05) is 18.3 Å². The van der Waals surface area contributed by atoms with Crippen molar-refractivity contribution in [3.8, 4) is 16.9 Å². The maximum absolute atomic E-state index is 8.64. The van der Waals surface area contributed by atoms with Crippen molar-refractivity contribution >= 4 is 71.7 Å². The predicted octanol–water partition coefficient (Wildman–Crippen LogP) is 5.50. The van der Waals surface area contributed by atoms with Crippen molar-refractivity contribution in [1.82, 2.24) is 14.5 Å². The molecule has 6 nitrogen and oxygen atoms in total. The molecule has 0 aliphatic heterocycles. The number of aromatic nitrogens is 3. The standard InChI is InChI=1S/C20H17BrN2.C13H9Br.C8H10ClN.CH2O3.2K.H/c1-13(2)14-9-10-22-20(11-14)23-18-6-4-3-5-16(18)17-8-7-15(21)12-19(17)23;14-11-5-6-13-10(8-11)7-9-3-1-2-4-12(9)13;1-6(2)7-3-4-10-8(9)5-7;2-1-4-3;;;/h3-13H,1-2H3;1-6,8H,7H2;3-6H,1-2H3;1,3H;;;/q;;;;2*+1;-1/p-1. The molecule has 3 aromatic heterocycles. The molecule has 0 fully saturated rings. The topological polar surface area (TPSA) is 80.1 Å². The first kappa shape index (κ1) is 46.3. The summed E-state index contributed by atoms with van der Waals surface area (Å²) >= 11 is 12.8. The summed E-state index contributed by atoms with van der Waals surface area (Å²) in [5.41, 5.74) is 10.6. The van der Waals surface area contributed by atoms with Gasteiger partial charge in [-0.3, -0.25) is 9.36 Å². The average molecular weight is 906 g/mol. The minimum Gasteiger partial charge on any atom is -1.00 e. The number of carbonyl (C=O) groups is 1. The monoisotopic (exact) mass is 903 g/mol. The van der Waals surface area contributed by atoms with Crippen molar-refractivity contribution in [1.29, 1.82) is 0 Å². The summed E-state index contributed by atoms with van der Waals surface area (Å²) in [4.78, 5) is 19.8. The van der Waals surface area contributed by atoms with Crippen LogP contribution < -0.4 is 108 Å². The number of hydrogen-bond acceptors (Lipinski definition) is 5. The van der Waals surface area contributed by atoms with Gasteiger partial charge >= 0.3 is 103 Å². The summed E-state index contributed by atoms with van der Waals surface area (Å²) in [7, 11) is 0. The zero-order valence-electron chi connectivity index (χ0n) is 31.7. The second kappa shape index (κ2) is 22.6. The molecule has 0 amide bonds. The van der Waals surface area contributed by atoms with Crippen molar-refractivity contribution in [2.75, 3.05) is 0 Å². The molecule has 0 atom stereocenters. The fourth-order valence-electron chi connectivity index (χ4n) is 6.00. The Morgan fingerprint density at radius 2 is 1.28 bits per heavy atom. The molecule has 1 aliphatic rings. The van der Waals surface area contributed by atoms with E-state index < -0.39 is 0 Å². The van der Waals surface area contributed by atoms with Crippen LogP contribution in [-0.2, 0) is 16.1 Å². The third-order valence-corrected chi connectivity index (χ3v) is 9.71. The van der Waals surface area contributed by atoms with Crippen LogP contribution in [-0.4, -0.2) is 21.0 Å². The van der Waals surface area contributed by atoms with Gasteiger partial charge in [-0.2, -0.15) is 0 Å². The maximum atomic E-state index is 8.64. The number of nitrogens with zero attached hydrogens (tertiary/aromatic N) is 3. The van der Waals surface area contributed by atoms with Crippen LogP contribution in [0.1, 0.15) is 63.2 Å². The van der Waals surface area contributed by atoms with Gasteiger partial charge in [-0.1, -0.05) is 126 Å². The maximum Gasteiger partial charge on any atom is 1.00 e. The molecular weight excluding hydrogens is 868 g/mol. The number of halogens is 3. The van der Waals surface area contributed by atoms with E-state index in [9.17, 15) is 0 Å². The quantitative estimate of drug-likeness (QED) is 0.0768. The van der Waals surface area contributed by atoms with Gasteiger partial charge < -0.3 is 11.6 Å². The van der Waals surface area contributed by atoms with Crippen molar-refractivity contribution in [2.24, 2.45) is 0 Å². The van der Waals surface area contributed by atoms with E-state index in [-0.39, 0.29) is 111 Å². The van der Waals surface area contributed by atoms with E-state index in [1.54, 1.807) is 6.20 Å². The fourth-order valence-corrected chi connectivity index (χ4v) is 6.94. The molecule has 7 aromatic rings. The van der Waals surface area contributed by atoms with Gasteiger partial charge in [0.25, 0.3) is 6.47 Å². The third-order valence-electron chi connectivity index (χ3n) is 8.51. The fraction of sp³-hybridized carbons (Fsp3) is 0.167. The predicted molar refractivity (Wildman–Crippen MR) is 214 cm³/mol. The van der Waals surface area contributed by atoms with Crippen LogP contribution in [0.4, 0.5) is 0 Å². The van der Waals surface area contributed by atoms with Crippen LogP contribution in [0.15, 0.2) is 131 Å². The molecule has 4 aromatic carbocycles. The zero-order valence-corrected chi connectivity index (χ0v) is 40.9. The Balaban J connectivity index is 0.000000280. The SMILES string of the molecule is Brc1ccc2c(c1)Cc1ccccc1-2.CC(C)c1ccnc(-n2c3ccccc3c3ccc(Br)cc32)c1.CC(C)c1ccnc(Cl)c1.O=CO[O-].[H-].[K+].[K+]. The summed E-state index contributed by atoms with van der Waals surface area (Å²) in [5.74, 6) is 1.98. The molecular formula is C42H38Br2ClK2N3O3. The Hall–Kier alpha value is -1.07. The largest absolute Gasteiger partial charge is 1.00 e. The van der Waals surface area contributed by atoms with E-state index in [1.165, 1.54) is 59.7 Å². The average Bonchev–Trinajstić information content (AvgIpc) is 3.67. The Kier molecular flexibility index (Phi) is 19.8. The Morgan fingerprint density at radius 3 is 1.94 bits per heavy atom. The first-order valence-corrected chi connectivity index (χ1v) is 18.4. The van der Waals surface area contributed by atoms with E-state index in [0.717, 1.165) is 16.7 Å². The summed E-state index contributed by atoms with van der Waals surface area (Å²) in [6, 6.07) is 38.3. The molecule has 0 bridgehead atoms. The summed E-state index contributed by atoms with van der Waals surface area (Å²) in [6.07, 6.45) is 4.71. The van der Waals surface area contributed by atoms with Crippen molar-refractivity contribution in [3.05, 3.63) is 158 Å². The first-order chi connectivity index (χ1) is 24.6. The van der Waals surface area contributed by atoms with Crippen LogP contribution >= 0.6 is 43.5 Å². The number of fused-ring (bicyclic) bond motifs is 6. The molecule has 0 N–H and O–H groups in total. The van der Waals surface area contributed by atoms with Gasteiger partial charge in [-0.25, -0.2) is 9.97 Å². The molecule has 11 heteroatoms. The van der Waals surface area contributed by atoms with Gasteiger partial charge in [-0.05, 0) is 106 Å². The number of rotatable bonds is 4. The van der Waals surface area contributed by atoms with E-state index >= 15 is 0 Å². The van der Waals surface area contributed by atoms with Crippen LogP contribution in [0.3, 0.4) is 0 Å². The van der Waals surface area contributed by atoms with Gasteiger partial charge in [0.15, 0.2) is 0 Å². The Morgan fingerprint density at radius 1 is 0.717 bits per heavy atom. The number of pyridine rings is 2. The van der Waals surface area contributed by atoms with Crippen LogP contribution in [0, 0.1) is 0 Å². The molecule has 0 unspecified atom stereocenters. The summed E-state index contributed by atoms with van der Waals surface area (Å²) in [6.45, 7) is 8.50. The molecule has 0 saturated heterocycles. The molecule has 8 rings (SSSR count). The van der Waals surface area contributed by atoms with Gasteiger partial charge in [0.1, 0.15) is 11.0 Å². The minimum absolute atomic E-state index is 0. The first-order valence-electron chi connectivity index (χ1n) is 16.5. The molecule has 3 heterocycles. The van der Waals surface area contributed by atoms with E-state index in [4.69, 9.17) is 21.7 Å². The van der Waals surface area contributed by atoms with E-state index in [0.29, 0.717) is 17.0 Å². The molecule has 262 valence electrons. The normalized spacial score (nSPS) is 10.7. The molecule has 53 heavy (non-hydrogen) atoms. The molecule has 0 saturated carbocycles. The van der Waals surface area contributed by atoms with Gasteiger partial charge in [0.2, 0.25) is 0 Å². The van der Waals surface area contributed by atoms with E-state index in [2.05, 4.69) is 176 Å².